The second-order valence-corrected chi connectivity index (χ2v) is 4.90. The third-order valence-corrected chi connectivity index (χ3v) is 2.53. The molecule has 0 aromatic heterocycles. The van der Waals surface area contributed by atoms with Gasteiger partial charge in [0, 0.05) is 13.1 Å². The van der Waals surface area contributed by atoms with Crippen LogP contribution in [0.25, 0.3) is 0 Å². The monoisotopic (exact) mass is 214 g/mol. The summed E-state index contributed by atoms with van der Waals surface area (Å²) in [4.78, 5) is 0. The van der Waals surface area contributed by atoms with Crippen molar-refractivity contribution < 1.29 is 8.42 Å². The first-order valence-electron chi connectivity index (χ1n) is 4.24. The summed E-state index contributed by atoms with van der Waals surface area (Å²) < 4.78 is 24.2. The molecular formula is C9H14N2O2S. The van der Waals surface area contributed by atoms with Crippen LogP contribution in [0.1, 0.15) is 11.1 Å². The molecule has 0 aliphatic carbocycles. The van der Waals surface area contributed by atoms with E-state index in [4.69, 9.17) is 5.73 Å². The summed E-state index contributed by atoms with van der Waals surface area (Å²) in [6.45, 7) is 0.716. The Morgan fingerprint density at radius 1 is 1.29 bits per heavy atom. The van der Waals surface area contributed by atoms with E-state index in [1.165, 1.54) is 0 Å². The van der Waals surface area contributed by atoms with Crippen LogP contribution in [0, 0.1) is 0 Å². The Morgan fingerprint density at radius 2 is 1.86 bits per heavy atom. The van der Waals surface area contributed by atoms with Gasteiger partial charge in [-0.2, -0.15) is 0 Å². The van der Waals surface area contributed by atoms with E-state index in [2.05, 4.69) is 4.72 Å². The molecule has 0 saturated heterocycles. The van der Waals surface area contributed by atoms with Crippen LogP contribution in [0.15, 0.2) is 24.3 Å². The topological polar surface area (TPSA) is 72.2 Å². The first-order chi connectivity index (χ1) is 6.53. The van der Waals surface area contributed by atoms with E-state index < -0.39 is 10.0 Å². The van der Waals surface area contributed by atoms with E-state index in [1.807, 2.05) is 24.3 Å². The average Bonchev–Trinajstić information content (AvgIpc) is 2.14. The predicted molar refractivity (Wildman–Crippen MR) is 56.0 cm³/mol. The quantitative estimate of drug-likeness (QED) is 0.751. The Hall–Kier alpha value is -0.910. The summed E-state index contributed by atoms with van der Waals surface area (Å²) in [5.74, 6) is 0. The summed E-state index contributed by atoms with van der Waals surface area (Å²) in [5.41, 5.74) is 7.39. The van der Waals surface area contributed by atoms with Gasteiger partial charge in [0.15, 0.2) is 0 Å². The molecule has 1 aromatic rings. The number of hydrogen-bond acceptors (Lipinski definition) is 3. The largest absolute Gasteiger partial charge is 0.326 e. The minimum absolute atomic E-state index is 0.298. The Bertz CT molecular complexity index is 401. The number of hydrogen-bond donors (Lipinski definition) is 2. The molecule has 0 spiro atoms. The maximum atomic E-state index is 10.9. The Morgan fingerprint density at radius 3 is 2.36 bits per heavy atom. The predicted octanol–water partition coefficient (Wildman–Crippen LogP) is 0.195. The van der Waals surface area contributed by atoms with Crippen molar-refractivity contribution in [1.82, 2.24) is 4.72 Å². The third-order valence-electron chi connectivity index (χ3n) is 1.86. The molecule has 0 amide bonds. The lowest BCUT2D eigenvalue weighted by molar-refractivity contribution is 0.587. The third kappa shape index (κ3) is 3.45. The van der Waals surface area contributed by atoms with Crippen molar-refractivity contribution in [2.45, 2.75) is 13.1 Å². The Balaban J connectivity index is 2.76. The minimum Gasteiger partial charge on any atom is -0.326 e. The van der Waals surface area contributed by atoms with E-state index in [-0.39, 0.29) is 0 Å². The van der Waals surface area contributed by atoms with Crippen molar-refractivity contribution in [3.63, 3.8) is 0 Å². The zero-order valence-corrected chi connectivity index (χ0v) is 8.84. The van der Waals surface area contributed by atoms with Crippen molar-refractivity contribution in [1.29, 1.82) is 0 Å². The van der Waals surface area contributed by atoms with Gasteiger partial charge in [0.1, 0.15) is 0 Å². The highest BCUT2D eigenvalue weighted by molar-refractivity contribution is 7.88. The van der Waals surface area contributed by atoms with E-state index in [0.717, 1.165) is 17.4 Å². The van der Waals surface area contributed by atoms with Crippen molar-refractivity contribution in [3.05, 3.63) is 35.4 Å². The molecule has 0 aliphatic heterocycles. The fourth-order valence-corrected chi connectivity index (χ4v) is 1.56. The van der Waals surface area contributed by atoms with Crippen LogP contribution in [0.2, 0.25) is 0 Å². The highest BCUT2D eigenvalue weighted by Crippen LogP contribution is 2.07. The van der Waals surface area contributed by atoms with E-state index in [0.29, 0.717) is 13.1 Å². The molecule has 1 aromatic carbocycles. The number of benzene rings is 1. The summed E-state index contributed by atoms with van der Waals surface area (Å²) in [5, 5.41) is 0. The molecule has 0 aliphatic rings. The molecule has 78 valence electrons. The summed E-state index contributed by atoms with van der Waals surface area (Å²) in [6, 6.07) is 7.49. The molecule has 0 heterocycles. The lowest BCUT2D eigenvalue weighted by Crippen LogP contribution is -2.22. The van der Waals surface area contributed by atoms with Gasteiger partial charge in [-0.05, 0) is 11.1 Å². The van der Waals surface area contributed by atoms with Crippen molar-refractivity contribution in [2.75, 3.05) is 6.26 Å². The normalized spacial score (nSPS) is 11.6. The van der Waals surface area contributed by atoms with Gasteiger partial charge in [0.25, 0.3) is 0 Å². The van der Waals surface area contributed by atoms with Crippen LogP contribution < -0.4 is 10.5 Å². The van der Waals surface area contributed by atoms with Gasteiger partial charge in [0.05, 0.1) is 6.26 Å². The van der Waals surface area contributed by atoms with Crippen LogP contribution in [0.5, 0.6) is 0 Å². The Labute approximate surface area is 84.2 Å². The average molecular weight is 214 g/mol. The molecule has 0 radical (unpaired) electrons. The van der Waals surface area contributed by atoms with Crippen molar-refractivity contribution >= 4 is 10.0 Å². The smallest absolute Gasteiger partial charge is 0.209 e. The summed E-state index contributed by atoms with van der Waals surface area (Å²) in [6.07, 6.45) is 1.14. The molecule has 1 rings (SSSR count). The van der Waals surface area contributed by atoms with Gasteiger partial charge in [-0.25, -0.2) is 13.1 Å². The second kappa shape index (κ2) is 4.54. The first kappa shape index (κ1) is 11.2. The van der Waals surface area contributed by atoms with Gasteiger partial charge >= 0.3 is 0 Å². The number of nitrogens with two attached hydrogens (primary N) is 1. The highest BCUT2D eigenvalue weighted by atomic mass is 32.2. The molecule has 14 heavy (non-hydrogen) atoms. The van der Waals surface area contributed by atoms with Crippen LogP contribution in [0.4, 0.5) is 0 Å². The molecule has 0 fully saturated rings. The Kier molecular flexibility index (Phi) is 3.62. The number of nitrogens with one attached hydrogen (secondary N) is 1. The molecule has 5 heteroatoms. The molecule has 0 unspecified atom stereocenters. The minimum atomic E-state index is -3.14. The van der Waals surface area contributed by atoms with Crippen molar-refractivity contribution in [3.8, 4) is 0 Å². The van der Waals surface area contributed by atoms with Gasteiger partial charge in [-0.15, -0.1) is 0 Å². The zero-order chi connectivity index (χ0) is 10.6. The van der Waals surface area contributed by atoms with Crippen molar-refractivity contribution in [2.24, 2.45) is 5.73 Å². The SMILES string of the molecule is CS(=O)(=O)NCc1ccccc1CN. The zero-order valence-electron chi connectivity index (χ0n) is 8.03. The molecule has 0 bridgehead atoms. The maximum Gasteiger partial charge on any atom is 0.209 e. The van der Waals surface area contributed by atoms with Crippen LogP contribution in [-0.4, -0.2) is 14.7 Å². The van der Waals surface area contributed by atoms with Gasteiger partial charge in [-0.3, -0.25) is 0 Å². The number of rotatable bonds is 4. The van der Waals surface area contributed by atoms with Gasteiger partial charge < -0.3 is 5.73 Å². The molecule has 0 saturated carbocycles. The van der Waals surface area contributed by atoms with Crippen LogP contribution >= 0.6 is 0 Å². The standard InChI is InChI=1S/C9H14N2O2S/c1-14(12,13)11-7-9-5-3-2-4-8(9)6-10/h2-5,11H,6-7,10H2,1H3. The first-order valence-corrected chi connectivity index (χ1v) is 6.13. The van der Waals surface area contributed by atoms with E-state index >= 15 is 0 Å². The van der Waals surface area contributed by atoms with E-state index in [1.54, 1.807) is 0 Å². The molecule has 3 N–H and O–H groups in total. The molecule has 4 nitrogen and oxygen atoms in total. The van der Waals surface area contributed by atoms with Gasteiger partial charge in [0.2, 0.25) is 10.0 Å². The maximum absolute atomic E-state index is 10.9. The fourth-order valence-electron chi connectivity index (χ4n) is 1.14. The van der Waals surface area contributed by atoms with Gasteiger partial charge in [-0.1, -0.05) is 24.3 Å². The van der Waals surface area contributed by atoms with Crippen LogP contribution in [0.3, 0.4) is 0 Å². The summed E-state index contributed by atoms with van der Waals surface area (Å²) >= 11 is 0. The second-order valence-electron chi connectivity index (χ2n) is 3.07. The number of sulfonamides is 1. The lowest BCUT2D eigenvalue weighted by atomic mass is 10.1. The highest BCUT2D eigenvalue weighted by Gasteiger charge is 2.03. The summed E-state index contributed by atoms with van der Waals surface area (Å²) in [7, 11) is -3.14. The molecule has 0 atom stereocenters. The fraction of sp³-hybridized carbons (Fsp3) is 0.333. The lowest BCUT2D eigenvalue weighted by Gasteiger charge is -2.07. The molecular weight excluding hydrogens is 200 g/mol. The van der Waals surface area contributed by atoms with E-state index in [9.17, 15) is 8.42 Å². The van der Waals surface area contributed by atoms with Crippen LogP contribution in [-0.2, 0) is 23.1 Å².